The molecule has 1 unspecified atom stereocenters. The first kappa shape index (κ1) is 11.2. The van der Waals surface area contributed by atoms with Gasteiger partial charge in [-0.1, -0.05) is 18.2 Å². The minimum Gasteiger partial charge on any atom is -0.345 e. The average Bonchev–Trinajstić information content (AvgIpc) is 2.79. The average molecular weight is 260 g/mol. The first-order chi connectivity index (χ1) is 8.60. The van der Waals surface area contributed by atoms with Crippen LogP contribution in [0.25, 0.3) is 10.1 Å². The van der Waals surface area contributed by atoms with E-state index in [0.29, 0.717) is 6.54 Å². The molecule has 0 radical (unpaired) electrons. The summed E-state index contributed by atoms with van der Waals surface area (Å²) in [6.07, 6.45) is 0. The molecule has 1 fully saturated rings. The SMILES string of the molecule is CC1(c2csc3ccccc23)CNC(=O)C(=O)N1. The number of hydrogen-bond acceptors (Lipinski definition) is 3. The van der Waals surface area contributed by atoms with Crippen LogP contribution in [0.2, 0.25) is 0 Å². The number of amides is 2. The van der Waals surface area contributed by atoms with E-state index in [0.717, 1.165) is 10.9 Å². The van der Waals surface area contributed by atoms with Crippen LogP contribution < -0.4 is 10.6 Å². The molecule has 1 saturated heterocycles. The number of hydrogen-bond donors (Lipinski definition) is 2. The first-order valence-electron chi connectivity index (χ1n) is 5.67. The Hall–Kier alpha value is -1.88. The van der Waals surface area contributed by atoms with Crippen LogP contribution in [0.3, 0.4) is 0 Å². The zero-order valence-electron chi connectivity index (χ0n) is 9.82. The highest BCUT2D eigenvalue weighted by atomic mass is 32.1. The lowest BCUT2D eigenvalue weighted by Gasteiger charge is -2.34. The fourth-order valence-corrected chi connectivity index (χ4v) is 3.35. The zero-order valence-corrected chi connectivity index (χ0v) is 10.6. The van der Waals surface area contributed by atoms with Gasteiger partial charge in [0, 0.05) is 11.2 Å². The van der Waals surface area contributed by atoms with Crippen LogP contribution in [0, 0.1) is 0 Å². The smallest absolute Gasteiger partial charge is 0.310 e. The van der Waals surface area contributed by atoms with Crippen LogP contribution in [0.5, 0.6) is 0 Å². The second-order valence-corrected chi connectivity index (χ2v) is 5.53. The molecule has 1 aromatic heterocycles. The van der Waals surface area contributed by atoms with Crippen molar-refractivity contribution >= 4 is 33.2 Å². The molecule has 2 heterocycles. The zero-order chi connectivity index (χ0) is 12.8. The summed E-state index contributed by atoms with van der Waals surface area (Å²) < 4.78 is 1.18. The van der Waals surface area contributed by atoms with Gasteiger partial charge in [0.05, 0.1) is 5.54 Å². The first-order valence-corrected chi connectivity index (χ1v) is 6.55. The minimum atomic E-state index is -0.570. The summed E-state index contributed by atoms with van der Waals surface area (Å²) in [5.41, 5.74) is 0.515. The van der Waals surface area contributed by atoms with Gasteiger partial charge in [-0.3, -0.25) is 9.59 Å². The Kier molecular flexibility index (Phi) is 2.38. The van der Waals surface area contributed by atoms with Crippen molar-refractivity contribution in [2.45, 2.75) is 12.5 Å². The van der Waals surface area contributed by atoms with E-state index in [9.17, 15) is 9.59 Å². The van der Waals surface area contributed by atoms with Crippen LogP contribution in [0.15, 0.2) is 29.6 Å². The van der Waals surface area contributed by atoms with Crippen molar-refractivity contribution in [2.75, 3.05) is 6.54 Å². The maximum absolute atomic E-state index is 11.5. The van der Waals surface area contributed by atoms with Gasteiger partial charge in [0.2, 0.25) is 0 Å². The third kappa shape index (κ3) is 1.59. The second-order valence-electron chi connectivity index (χ2n) is 4.61. The van der Waals surface area contributed by atoms with Crippen molar-refractivity contribution in [3.63, 3.8) is 0 Å². The molecule has 0 spiro atoms. The molecular weight excluding hydrogens is 248 g/mol. The molecule has 3 rings (SSSR count). The van der Waals surface area contributed by atoms with Gasteiger partial charge in [0.1, 0.15) is 0 Å². The molecule has 1 aliphatic rings. The molecule has 0 saturated carbocycles. The van der Waals surface area contributed by atoms with Crippen molar-refractivity contribution < 1.29 is 9.59 Å². The molecule has 2 aromatic rings. The standard InChI is InChI=1S/C13H12N2O2S/c1-13(7-14-11(16)12(17)15-13)9-6-18-10-5-3-2-4-8(9)10/h2-6H,7H2,1H3,(H,14,16)(H,15,17). The number of piperazine rings is 1. The minimum absolute atomic E-state index is 0.415. The molecule has 2 amide bonds. The monoisotopic (exact) mass is 260 g/mol. The van der Waals surface area contributed by atoms with E-state index >= 15 is 0 Å². The van der Waals surface area contributed by atoms with E-state index in [1.807, 2.05) is 30.5 Å². The van der Waals surface area contributed by atoms with E-state index in [-0.39, 0.29) is 0 Å². The van der Waals surface area contributed by atoms with E-state index in [2.05, 4.69) is 16.7 Å². The summed E-state index contributed by atoms with van der Waals surface area (Å²) in [7, 11) is 0. The Balaban J connectivity index is 2.09. The van der Waals surface area contributed by atoms with Gasteiger partial charge in [-0.2, -0.15) is 0 Å². The van der Waals surface area contributed by atoms with Gasteiger partial charge in [-0.25, -0.2) is 0 Å². The normalized spacial score (nSPS) is 23.8. The predicted molar refractivity (Wildman–Crippen MR) is 70.3 cm³/mol. The van der Waals surface area contributed by atoms with E-state index in [1.165, 1.54) is 4.70 Å². The lowest BCUT2D eigenvalue weighted by molar-refractivity contribution is -0.142. The van der Waals surface area contributed by atoms with Gasteiger partial charge in [0.25, 0.3) is 0 Å². The fraction of sp³-hybridized carbons (Fsp3) is 0.231. The second kappa shape index (κ2) is 3.81. The molecule has 92 valence electrons. The highest BCUT2D eigenvalue weighted by Crippen LogP contribution is 2.33. The fourth-order valence-electron chi connectivity index (χ4n) is 2.26. The van der Waals surface area contributed by atoms with Crippen molar-refractivity contribution in [1.29, 1.82) is 0 Å². The molecule has 4 nitrogen and oxygen atoms in total. The third-order valence-electron chi connectivity index (χ3n) is 3.27. The van der Waals surface area contributed by atoms with Gasteiger partial charge in [-0.15, -0.1) is 11.3 Å². The highest BCUT2D eigenvalue weighted by Gasteiger charge is 2.37. The van der Waals surface area contributed by atoms with Crippen molar-refractivity contribution in [3.05, 3.63) is 35.2 Å². The number of thiophene rings is 1. The van der Waals surface area contributed by atoms with Crippen molar-refractivity contribution in [2.24, 2.45) is 0 Å². The number of carbonyl (C=O) groups is 2. The Labute approximate surface area is 108 Å². The van der Waals surface area contributed by atoms with Crippen molar-refractivity contribution in [3.8, 4) is 0 Å². The molecule has 1 aromatic carbocycles. The maximum atomic E-state index is 11.5. The third-order valence-corrected chi connectivity index (χ3v) is 4.24. The van der Waals surface area contributed by atoms with E-state index in [1.54, 1.807) is 11.3 Å². The molecular formula is C13H12N2O2S. The summed E-state index contributed by atoms with van der Waals surface area (Å²) in [6, 6.07) is 8.06. The summed E-state index contributed by atoms with van der Waals surface area (Å²) in [4.78, 5) is 22.7. The molecule has 18 heavy (non-hydrogen) atoms. The van der Waals surface area contributed by atoms with E-state index in [4.69, 9.17) is 0 Å². The van der Waals surface area contributed by atoms with Gasteiger partial charge < -0.3 is 10.6 Å². The largest absolute Gasteiger partial charge is 0.345 e. The summed E-state index contributed by atoms with van der Waals surface area (Å²) in [5, 5.41) is 8.59. The van der Waals surface area contributed by atoms with Crippen LogP contribution >= 0.6 is 11.3 Å². The Morgan fingerprint density at radius 3 is 2.78 bits per heavy atom. The molecule has 0 aliphatic carbocycles. The van der Waals surface area contributed by atoms with Crippen LogP contribution in [-0.4, -0.2) is 18.4 Å². The van der Waals surface area contributed by atoms with E-state index < -0.39 is 17.4 Å². The van der Waals surface area contributed by atoms with Gasteiger partial charge in [0.15, 0.2) is 0 Å². The Morgan fingerprint density at radius 2 is 2.00 bits per heavy atom. The number of rotatable bonds is 1. The van der Waals surface area contributed by atoms with Crippen molar-refractivity contribution in [1.82, 2.24) is 10.6 Å². The van der Waals surface area contributed by atoms with Gasteiger partial charge in [-0.05, 0) is 29.3 Å². The summed E-state index contributed by atoms with van der Waals surface area (Å²) >= 11 is 1.64. The van der Waals surface area contributed by atoms with Crippen LogP contribution in [0.4, 0.5) is 0 Å². The number of benzene rings is 1. The molecule has 0 bridgehead atoms. The molecule has 1 aliphatic heterocycles. The lowest BCUT2D eigenvalue weighted by atomic mass is 9.90. The summed E-state index contributed by atoms with van der Waals surface area (Å²) in [5.74, 6) is -1.13. The molecule has 1 atom stereocenters. The predicted octanol–water partition coefficient (Wildman–Crippen LogP) is 1.36. The number of nitrogens with one attached hydrogen (secondary N) is 2. The van der Waals surface area contributed by atoms with Crippen LogP contribution in [-0.2, 0) is 15.1 Å². The lowest BCUT2D eigenvalue weighted by Crippen LogP contribution is -2.60. The number of fused-ring (bicyclic) bond motifs is 1. The van der Waals surface area contributed by atoms with Gasteiger partial charge >= 0.3 is 11.8 Å². The van der Waals surface area contributed by atoms with Crippen LogP contribution in [0.1, 0.15) is 12.5 Å². The highest BCUT2D eigenvalue weighted by molar-refractivity contribution is 7.17. The maximum Gasteiger partial charge on any atom is 0.310 e. The quantitative estimate of drug-likeness (QED) is 0.761. The Bertz CT molecular complexity index is 649. The molecule has 5 heteroatoms. The number of carbonyl (C=O) groups excluding carboxylic acids is 2. The topological polar surface area (TPSA) is 58.2 Å². The molecule has 2 N–H and O–H groups in total. The summed E-state index contributed by atoms with van der Waals surface area (Å²) in [6.45, 7) is 2.34. The Morgan fingerprint density at radius 1 is 1.22 bits per heavy atom.